The molecule has 5 heteroatoms. The van der Waals surface area contributed by atoms with Gasteiger partial charge in [0.25, 0.3) is 0 Å². The van der Waals surface area contributed by atoms with Crippen molar-refractivity contribution in [1.82, 2.24) is 20.1 Å². The molecule has 21 heavy (non-hydrogen) atoms. The van der Waals surface area contributed by atoms with Gasteiger partial charge < -0.3 is 15.6 Å². The van der Waals surface area contributed by atoms with Crippen molar-refractivity contribution in [2.24, 2.45) is 11.7 Å². The first kappa shape index (κ1) is 15.0. The minimum absolute atomic E-state index is 0.265. The monoisotopic (exact) mass is 291 g/mol. The smallest absolute Gasteiger partial charge is 0.149 e. The van der Waals surface area contributed by atoms with Crippen molar-refractivity contribution >= 4 is 0 Å². The molecule has 3 unspecified atom stereocenters. The van der Waals surface area contributed by atoms with E-state index in [1.165, 1.54) is 50.8 Å². The Hall–Kier alpha value is -0.940. The van der Waals surface area contributed by atoms with Gasteiger partial charge in [0.05, 0.1) is 6.04 Å². The Morgan fingerprint density at radius 1 is 1.19 bits per heavy atom. The lowest BCUT2D eigenvalue weighted by Gasteiger charge is -2.33. The Balaban J connectivity index is 1.70. The van der Waals surface area contributed by atoms with Crippen LogP contribution in [0.4, 0.5) is 0 Å². The molecule has 3 N–H and O–H groups in total. The second kappa shape index (κ2) is 6.88. The van der Waals surface area contributed by atoms with E-state index in [-0.39, 0.29) is 6.04 Å². The molecule has 1 aromatic heterocycles. The summed E-state index contributed by atoms with van der Waals surface area (Å²) >= 11 is 0. The van der Waals surface area contributed by atoms with Crippen molar-refractivity contribution in [3.63, 3.8) is 0 Å². The van der Waals surface area contributed by atoms with Crippen LogP contribution in [-0.4, -0.2) is 27.4 Å². The summed E-state index contributed by atoms with van der Waals surface area (Å²) < 4.78 is 2.35. The van der Waals surface area contributed by atoms with Crippen LogP contribution in [0.5, 0.6) is 0 Å². The summed E-state index contributed by atoms with van der Waals surface area (Å²) in [5.41, 5.74) is 5.95. The first-order valence-electron chi connectivity index (χ1n) is 8.67. The van der Waals surface area contributed by atoms with Gasteiger partial charge in [0.1, 0.15) is 11.6 Å². The van der Waals surface area contributed by atoms with Crippen LogP contribution in [0.3, 0.4) is 0 Å². The van der Waals surface area contributed by atoms with Crippen LogP contribution < -0.4 is 11.1 Å². The molecule has 118 valence electrons. The molecule has 2 heterocycles. The molecule has 1 saturated carbocycles. The normalized spacial score (nSPS) is 27.9. The zero-order chi connectivity index (χ0) is 14.7. The number of nitrogens with zero attached hydrogens (tertiary/aromatic N) is 3. The third-order valence-corrected chi connectivity index (χ3v) is 5.20. The van der Waals surface area contributed by atoms with Gasteiger partial charge in [0.15, 0.2) is 0 Å². The number of hydrogen-bond acceptors (Lipinski definition) is 4. The molecule has 1 aliphatic carbocycles. The average Bonchev–Trinajstić information content (AvgIpc) is 2.77. The van der Waals surface area contributed by atoms with E-state index < -0.39 is 0 Å². The van der Waals surface area contributed by atoms with E-state index in [0.29, 0.717) is 12.0 Å². The van der Waals surface area contributed by atoms with Crippen LogP contribution in [0.1, 0.15) is 69.6 Å². The zero-order valence-electron chi connectivity index (χ0n) is 13.2. The summed E-state index contributed by atoms with van der Waals surface area (Å²) in [7, 11) is 0. The number of hydrogen-bond donors (Lipinski definition) is 2. The van der Waals surface area contributed by atoms with Gasteiger partial charge in [-0.15, -0.1) is 10.2 Å². The maximum absolute atomic E-state index is 5.95. The Kier molecular flexibility index (Phi) is 4.91. The van der Waals surface area contributed by atoms with Gasteiger partial charge in [0, 0.05) is 19.0 Å². The second-order valence-corrected chi connectivity index (χ2v) is 6.71. The van der Waals surface area contributed by atoms with Crippen LogP contribution >= 0.6 is 0 Å². The minimum Gasteiger partial charge on any atom is -0.330 e. The van der Waals surface area contributed by atoms with Crippen LogP contribution in [0.25, 0.3) is 0 Å². The molecule has 0 amide bonds. The zero-order valence-corrected chi connectivity index (χ0v) is 13.2. The topological polar surface area (TPSA) is 68.8 Å². The molecule has 0 spiro atoms. The van der Waals surface area contributed by atoms with E-state index >= 15 is 0 Å². The SMILES string of the molecule is CC(NC1CCCCC1CN)c1nnc2n1CCCCC2. The fourth-order valence-corrected chi connectivity index (χ4v) is 3.93. The Bertz CT molecular complexity index is 456. The fraction of sp³-hybridized carbons (Fsp3) is 0.875. The molecular weight excluding hydrogens is 262 g/mol. The highest BCUT2D eigenvalue weighted by atomic mass is 15.3. The third kappa shape index (κ3) is 3.29. The molecule has 1 fully saturated rings. The molecule has 3 atom stereocenters. The molecule has 0 bridgehead atoms. The number of rotatable bonds is 4. The summed E-state index contributed by atoms with van der Waals surface area (Å²) in [6.07, 6.45) is 10.0. The quantitative estimate of drug-likeness (QED) is 0.892. The highest BCUT2D eigenvalue weighted by Crippen LogP contribution is 2.26. The Labute approximate surface area is 127 Å². The lowest BCUT2D eigenvalue weighted by atomic mass is 9.84. The summed E-state index contributed by atoms with van der Waals surface area (Å²) in [4.78, 5) is 0. The van der Waals surface area contributed by atoms with Gasteiger partial charge >= 0.3 is 0 Å². The predicted octanol–water partition coefficient (Wildman–Crippen LogP) is 2.17. The molecule has 1 aliphatic heterocycles. The Morgan fingerprint density at radius 2 is 2.05 bits per heavy atom. The number of nitrogens with one attached hydrogen (secondary N) is 1. The summed E-state index contributed by atoms with van der Waals surface area (Å²) in [6, 6.07) is 0.805. The average molecular weight is 291 g/mol. The van der Waals surface area contributed by atoms with Crippen LogP contribution in [0, 0.1) is 5.92 Å². The van der Waals surface area contributed by atoms with Gasteiger partial charge in [-0.2, -0.15) is 0 Å². The lowest BCUT2D eigenvalue weighted by molar-refractivity contribution is 0.248. The lowest BCUT2D eigenvalue weighted by Crippen LogP contribution is -2.43. The highest BCUT2D eigenvalue weighted by molar-refractivity contribution is 5.03. The molecular formula is C16H29N5. The van der Waals surface area contributed by atoms with Gasteiger partial charge in [-0.25, -0.2) is 0 Å². The number of aromatic nitrogens is 3. The van der Waals surface area contributed by atoms with E-state index in [1.807, 2.05) is 0 Å². The maximum Gasteiger partial charge on any atom is 0.149 e. The number of fused-ring (bicyclic) bond motifs is 1. The first-order chi connectivity index (χ1) is 10.3. The standard InChI is InChI=1S/C16H29N5/c1-12(18-14-8-5-4-7-13(14)11-17)16-20-19-15-9-3-2-6-10-21(15)16/h12-14,18H,2-11,17H2,1H3. The molecule has 0 saturated heterocycles. The maximum atomic E-state index is 5.95. The summed E-state index contributed by atoms with van der Waals surface area (Å²) in [5, 5.41) is 12.7. The van der Waals surface area contributed by atoms with E-state index in [1.54, 1.807) is 0 Å². The second-order valence-electron chi connectivity index (χ2n) is 6.71. The number of aryl methyl sites for hydroxylation is 1. The molecule has 5 nitrogen and oxygen atoms in total. The largest absolute Gasteiger partial charge is 0.330 e. The van der Waals surface area contributed by atoms with Crippen LogP contribution in [-0.2, 0) is 13.0 Å². The highest BCUT2D eigenvalue weighted by Gasteiger charge is 2.27. The fourth-order valence-electron chi connectivity index (χ4n) is 3.93. The van der Waals surface area contributed by atoms with Crippen molar-refractivity contribution in [2.45, 2.75) is 76.9 Å². The van der Waals surface area contributed by atoms with E-state index in [0.717, 1.165) is 25.3 Å². The van der Waals surface area contributed by atoms with Crippen molar-refractivity contribution < 1.29 is 0 Å². The van der Waals surface area contributed by atoms with E-state index in [9.17, 15) is 0 Å². The molecule has 2 aliphatic rings. The van der Waals surface area contributed by atoms with Gasteiger partial charge in [-0.3, -0.25) is 0 Å². The van der Waals surface area contributed by atoms with Crippen LogP contribution in [0.2, 0.25) is 0 Å². The van der Waals surface area contributed by atoms with Crippen molar-refractivity contribution in [3.8, 4) is 0 Å². The van der Waals surface area contributed by atoms with Crippen LogP contribution in [0.15, 0.2) is 0 Å². The van der Waals surface area contributed by atoms with E-state index in [4.69, 9.17) is 5.73 Å². The minimum atomic E-state index is 0.265. The van der Waals surface area contributed by atoms with E-state index in [2.05, 4.69) is 27.0 Å². The summed E-state index contributed by atoms with van der Waals surface area (Å²) in [6.45, 7) is 4.10. The third-order valence-electron chi connectivity index (χ3n) is 5.20. The predicted molar refractivity (Wildman–Crippen MR) is 83.9 cm³/mol. The summed E-state index contributed by atoms with van der Waals surface area (Å²) in [5.74, 6) is 2.91. The molecule has 3 rings (SSSR count). The van der Waals surface area contributed by atoms with Gasteiger partial charge in [-0.1, -0.05) is 19.3 Å². The Morgan fingerprint density at radius 3 is 2.90 bits per heavy atom. The van der Waals surface area contributed by atoms with Gasteiger partial charge in [0.2, 0.25) is 0 Å². The van der Waals surface area contributed by atoms with Crippen molar-refractivity contribution in [1.29, 1.82) is 0 Å². The first-order valence-corrected chi connectivity index (χ1v) is 8.67. The number of nitrogens with two attached hydrogens (primary N) is 1. The van der Waals surface area contributed by atoms with Gasteiger partial charge in [-0.05, 0) is 45.1 Å². The molecule has 0 radical (unpaired) electrons. The van der Waals surface area contributed by atoms with Crippen molar-refractivity contribution in [3.05, 3.63) is 11.6 Å². The molecule has 0 aromatic carbocycles. The van der Waals surface area contributed by atoms with Crippen molar-refractivity contribution in [2.75, 3.05) is 6.54 Å². The molecule has 1 aromatic rings.